The van der Waals surface area contributed by atoms with E-state index in [1.165, 1.54) is 4.88 Å². The fourth-order valence-corrected chi connectivity index (χ4v) is 3.70. The Labute approximate surface area is 197 Å². The Bertz CT molecular complexity index is 958. The van der Waals surface area contributed by atoms with E-state index in [2.05, 4.69) is 33.2 Å². The number of halogens is 1. The van der Waals surface area contributed by atoms with Crippen molar-refractivity contribution in [3.8, 4) is 11.5 Å². The molecule has 0 amide bonds. The number of aliphatic imine (C=N–C) groups is 1. The second-order valence-corrected chi connectivity index (χ2v) is 7.74. The molecule has 30 heavy (non-hydrogen) atoms. The van der Waals surface area contributed by atoms with Crippen molar-refractivity contribution in [3.63, 3.8) is 0 Å². The van der Waals surface area contributed by atoms with Crippen LogP contribution in [0.5, 0.6) is 11.5 Å². The zero-order chi connectivity index (χ0) is 19.9. The van der Waals surface area contributed by atoms with Crippen molar-refractivity contribution in [2.45, 2.75) is 19.4 Å². The highest BCUT2D eigenvalue weighted by molar-refractivity contribution is 14.0. The third-order valence-corrected chi connectivity index (χ3v) is 5.51. The summed E-state index contributed by atoms with van der Waals surface area (Å²) in [6.07, 6.45) is 3.62. The molecule has 3 aromatic rings. The number of fused-ring (bicyclic) bond motifs is 1. The SMILES string of the molecule is Cn1nccc1CN=C(NCCc1cccs1)Nc1ccc2c(c1)OCCCO2.I. The minimum Gasteiger partial charge on any atom is -0.490 e. The first kappa shape index (κ1) is 22.4. The lowest BCUT2D eigenvalue weighted by molar-refractivity contribution is 0.297. The third kappa shape index (κ3) is 6.11. The van der Waals surface area contributed by atoms with E-state index in [1.54, 1.807) is 17.5 Å². The minimum atomic E-state index is 0. The Morgan fingerprint density at radius 2 is 2.07 bits per heavy atom. The number of aromatic nitrogens is 2. The second kappa shape index (κ2) is 11.2. The number of benzene rings is 1. The molecule has 1 aliphatic heterocycles. The van der Waals surface area contributed by atoms with Gasteiger partial charge in [-0.25, -0.2) is 4.99 Å². The Balaban J connectivity index is 0.00000256. The summed E-state index contributed by atoms with van der Waals surface area (Å²) < 4.78 is 13.4. The van der Waals surface area contributed by atoms with Crippen LogP contribution in [0, 0.1) is 0 Å². The van der Waals surface area contributed by atoms with Gasteiger partial charge in [0.25, 0.3) is 0 Å². The van der Waals surface area contributed by atoms with E-state index < -0.39 is 0 Å². The van der Waals surface area contributed by atoms with Crippen LogP contribution >= 0.6 is 35.3 Å². The average molecular weight is 539 g/mol. The average Bonchev–Trinajstić information content (AvgIpc) is 3.32. The first-order chi connectivity index (χ1) is 14.3. The standard InChI is InChI=1S/C21H25N5O2S.HI/c1-26-17(7-10-24-26)15-23-21(22-9-8-18-4-2-13-29-18)25-16-5-6-19-20(14-16)28-12-3-11-27-19;/h2,4-7,10,13-14H,3,8-9,11-12,15H2,1H3,(H2,22,23,25);1H. The molecule has 9 heteroatoms. The number of anilines is 1. The highest BCUT2D eigenvalue weighted by atomic mass is 127. The summed E-state index contributed by atoms with van der Waals surface area (Å²) in [6, 6.07) is 12.1. The summed E-state index contributed by atoms with van der Waals surface area (Å²) in [5.74, 6) is 2.27. The summed E-state index contributed by atoms with van der Waals surface area (Å²) in [7, 11) is 1.92. The highest BCUT2D eigenvalue weighted by Crippen LogP contribution is 2.32. The lowest BCUT2D eigenvalue weighted by Crippen LogP contribution is -2.32. The van der Waals surface area contributed by atoms with Gasteiger partial charge in [-0.05, 0) is 36.1 Å². The van der Waals surface area contributed by atoms with Gasteiger partial charge in [0.15, 0.2) is 17.5 Å². The van der Waals surface area contributed by atoms with E-state index >= 15 is 0 Å². The number of hydrogen-bond donors (Lipinski definition) is 2. The molecule has 0 fully saturated rings. The van der Waals surface area contributed by atoms with Crippen LogP contribution in [0.1, 0.15) is 17.0 Å². The van der Waals surface area contributed by atoms with E-state index in [0.29, 0.717) is 19.8 Å². The largest absolute Gasteiger partial charge is 0.490 e. The van der Waals surface area contributed by atoms with Crippen LogP contribution in [0.3, 0.4) is 0 Å². The Morgan fingerprint density at radius 3 is 2.83 bits per heavy atom. The Hall–Kier alpha value is -2.27. The molecular weight excluding hydrogens is 513 g/mol. The smallest absolute Gasteiger partial charge is 0.196 e. The molecule has 160 valence electrons. The van der Waals surface area contributed by atoms with Crippen molar-refractivity contribution in [3.05, 3.63) is 58.5 Å². The molecule has 2 aromatic heterocycles. The van der Waals surface area contributed by atoms with Gasteiger partial charge in [-0.2, -0.15) is 5.10 Å². The van der Waals surface area contributed by atoms with Gasteiger partial charge in [0.05, 0.1) is 25.5 Å². The summed E-state index contributed by atoms with van der Waals surface area (Å²) in [4.78, 5) is 6.08. The van der Waals surface area contributed by atoms with Crippen LogP contribution in [0.25, 0.3) is 0 Å². The van der Waals surface area contributed by atoms with Crippen LogP contribution in [0.2, 0.25) is 0 Å². The monoisotopic (exact) mass is 539 g/mol. The van der Waals surface area contributed by atoms with Crippen LogP contribution in [-0.2, 0) is 20.0 Å². The fraction of sp³-hybridized carbons (Fsp3) is 0.333. The number of nitrogens with zero attached hydrogens (tertiary/aromatic N) is 3. The Morgan fingerprint density at radius 1 is 1.20 bits per heavy atom. The molecule has 2 N–H and O–H groups in total. The molecule has 1 aliphatic rings. The van der Waals surface area contributed by atoms with Crippen LogP contribution in [0.4, 0.5) is 5.69 Å². The molecule has 0 aliphatic carbocycles. The fourth-order valence-electron chi connectivity index (χ4n) is 2.99. The van der Waals surface area contributed by atoms with Crippen LogP contribution in [0.15, 0.2) is 53.0 Å². The molecule has 0 bridgehead atoms. The minimum absolute atomic E-state index is 0. The van der Waals surface area contributed by atoms with Gasteiger partial charge in [0, 0.05) is 42.8 Å². The van der Waals surface area contributed by atoms with Crippen molar-refractivity contribution in [1.82, 2.24) is 15.1 Å². The molecule has 0 saturated heterocycles. The van der Waals surface area contributed by atoms with Gasteiger partial charge in [-0.15, -0.1) is 35.3 Å². The van der Waals surface area contributed by atoms with Crippen LogP contribution in [-0.4, -0.2) is 35.5 Å². The van der Waals surface area contributed by atoms with E-state index in [4.69, 9.17) is 14.5 Å². The number of hydrogen-bond acceptors (Lipinski definition) is 5. The molecule has 0 unspecified atom stereocenters. The first-order valence-electron chi connectivity index (χ1n) is 9.72. The zero-order valence-electron chi connectivity index (χ0n) is 16.8. The highest BCUT2D eigenvalue weighted by Gasteiger charge is 2.11. The van der Waals surface area contributed by atoms with Crippen LogP contribution < -0.4 is 20.1 Å². The molecule has 0 saturated carbocycles. The molecule has 7 nitrogen and oxygen atoms in total. The molecule has 0 radical (unpaired) electrons. The van der Waals surface area contributed by atoms with Crippen molar-refractivity contribution < 1.29 is 9.47 Å². The molecule has 3 heterocycles. The lowest BCUT2D eigenvalue weighted by Gasteiger charge is -2.14. The van der Waals surface area contributed by atoms with E-state index in [9.17, 15) is 0 Å². The summed E-state index contributed by atoms with van der Waals surface area (Å²) in [5.41, 5.74) is 1.95. The van der Waals surface area contributed by atoms with E-state index in [-0.39, 0.29) is 24.0 Å². The Kier molecular flexibility index (Phi) is 8.38. The van der Waals surface area contributed by atoms with Gasteiger partial charge < -0.3 is 20.1 Å². The van der Waals surface area contributed by atoms with Crippen molar-refractivity contribution in [2.24, 2.45) is 12.0 Å². The summed E-state index contributed by atoms with van der Waals surface area (Å²) >= 11 is 1.77. The van der Waals surface area contributed by atoms with Gasteiger partial charge in [-0.1, -0.05) is 6.07 Å². The van der Waals surface area contributed by atoms with Gasteiger partial charge >= 0.3 is 0 Å². The molecule has 0 atom stereocenters. The number of thiophene rings is 1. The third-order valence-electron chi connectivity index (χ3n) is 4.58. The maximum absolute atomic E-state index is 5.80. The van der Waals surface area contributed by atoms with E-state index in [0.717, 1.165) is 48.2 Å². The van der Waals surface area contributed by atoms with E-state index in [1.807, 2.05) is 36.0 Å². The molecule has 0 spiro atoms. The number of nitrogens with one attached hydrogen (secondary N) is 2. The molecule has 1 aromatic carbocycles. The summed E-state index contributed by atoms with van der Waals surface area (Å²) in [5, 5.41) is 13.1. The quantitative estimate of drug-likeness (QED) is 0.281. The number of aryl methyl sites for hydroxylation is 1. The topological polar surface area (TPSA) is 72.7 Å². The number of ether oxygens (including phenoxy) is 2. The van der Waals surface area contributed by atoms with Gasteiger partial charge in [0.1, 0.15) is 0 Å². The van der Waals surface area contributed by atoms with Crippen molar-refractivity contribution >= 4 is 47.0 Å². The van der Waals surface area contributed by atoms with Gasteiger partial charge in [-0.3, -0.25) is 4.68 Å². The van der Waals surface area contributed by atoms with Gasteiger partial charge in [0.2, 0.25) is 0 Å². The number of guanidine groups is 1. The van der Waals surface area contributed by atoms with Crippen molar-refractivity contribution in [2.75, 3.05) is 25.1 Å². The predicted molar refractivity (Wildman–Crippen MR) is 131 cm³/mol. The second-order valence-electron chi connectivity index (χ2n) is 6.70. The van der Waals surface area contributed by atoms with Crippen molar-refractivity contribution in [1.29, 1.82) is 0 Å². The lowest BCUT2D eigenvalue weighted by atomic mass is 10.2. The molecular formula is C21H26IN5O2S. The first-order valence-corrected chi connectivity index (χ1v) is 10.6. The maximum Gasteiger partial charge on any atom is 0.196 e. The molecule has 4 rings (SSSR count). The maximum atomic E-state index is 5.80. The number of rotatable bonds is 6. The zero-order valence-corrected chi connectivity index (χ0v) is 20.0. The summed E-state index contributed by atoms with van der Waals surface area (Å²) in [6.45, 7) is 2.68. The predicted octanol–water partition coefficient (Wildman–Crippen LogP) is 4.06. The normalized spacial score (nSPS) is 13.3.